The van der Waals surface area contributed by atoms with Crippen LogP contribution in [0.25, 0.3) is 0 Å². The summed E-state index contributed by atoms with van der Waals surface area (Å²) >= 11 is 1.31. The minimum Gasteiger partial charge on any atom is -0.452 e. The largest absolute Gasteiger partial charge is 0.452 e. The first kappa shape index (κ1) is 19.9. The third-order valence-electron chi connectivity index (χ3n) is 3.51. The van der Waals surface area contributed by atoms with Gasteiger partial charge in [-0.15, -0.1) is 11.8 Å². The molecule has 0 fully saturated rings. The van der Waals surface area contributed by atoms with Gasteiger partial charge in [-0.1, -0.05) is 17.7 Å². The average molecular weight is 379 g/mol. The van der Waals surface area contributed by atoms with E-state index in [1.807, 2.05) is 31.2 Å². The zero-order valence-electron chi connectivity index (χ0n) is 14.6. The molecule has 0 aliphatic heterocycles. The van der Waals surface area contributed by atoms with Crippen molar-refractivity contribution in [2.45, 2.75) is 37.0 Å². The number of hydrogen-bond donors (Lipinski definition) is 1. The van der Waals surface area contributed by atoms with Gasteiger partial charge in [-0.05, 0) is 45.0 Å². The van der Waals surface area contributed by atoms with Crippen molar-refractivity contribution >= 4 is 29.3 Å². The molecule has 0 aliphatic rings. The molecule has 26 heavy (non-hydrogen) atoms. The lowest BCUT2D eigenvalue weighted by molar-refractivity contribution is -0.152. The maximum atomic E-state index is 13.6. The van der Waals surface area contributed by atoms with Gasteiger partial charge in [0.05, 0.1) is 5.69 Å². The number of nitrogens with one attached hydrogen (secondary N) is 1. The monoisotopic (exact) mass is 379 g/mol. The molecule has 0 saturated heterocycles. The number of halogens is 2. The van der Waals surface area contributed by atoms with Gasteiger partial charge >= 0.3 is 5.97 Å². The van der Waals surface area contributed by atoms with Crippen LogP contribution in [0.4, 0.5) is 14.5 Å². The Hall–Kier alpha value is -2.41. The lowest BCUT2D eigenvalue weighted by Gasteiger charge is -2.17. The first-order valence-electron chi connectivity index (χ1n) is 7.96. The van der Waals surface area contributed by atoms with E-state index in [0.717, 1.165) is 28.7 Å². The number of carbonyl (C=O) groups is 2. The topological polar surface area (TPSA) is 55.4 Å². The van der Waals surface area contributed by atoms with Crippen LogP contribution < -0.4 is 5.32 Å². The number of esters is 1. The van der Waals surface area contributed by atoms with Crippen molar-refractivity contribution in [3.8, 4) is 0 Å². The van der Waals surface area contributed by atoms with Crippen LogP contribution in [0.15, 0.2) is 47.4 Å². The molecule has 2 atom stereocenters. The second-order valence-corrected chi connectivity index (χ2v) is 7.18. The normalized spacial score (nSPS) is 13.0. The van der Waals surface area contributed by atoms with Crippen LogP contribution in [0, 0.1) is 18.6 Å². The van der Waals surface area contributed by atoms with E-state index in [-0.39, 0.29) is 5.69 Å². The first-order chi connectivity index (χ1) is 12.3. The molecule has 0 bridgehead atoms. The molecule has 0 radical (unpaired) electrons. The van der Waals surface area contributed by atoms with Crippen LogP contribution in [0.2, 0.25) is 0 Å². The van der Waals surface area contributed by atoms with Crippen molar-refractivity contribution in [3.63, 3.8) is 0 Å². The van der Waals surface area contributed by atoms with E-state index in [4.69, 9.17) is 4.74 Å². The number of hydrogen-bond acceptors (Lipinski definition) is 4. The van der Waals surface area contributed by atoms with Gasteiger partial charge < -0.3 is 10.1 Å². The molecule has 2 aromatic rings. The lowest BCUT2D eigenvalue weighted by Crippen LogP contribution is -2.32. The fourth-order valence-electron chi connectivity index (χ4n) is 2.02. The first-order valence-corrected chi connectivity index (χ1v) is 8.84. The highest BCUT2D eigenvalue weighted by Gasteiger charge is 2.23. The molecule has 1 N–H and O–H groups in total. The molecule has 0 spiro atoms. The summed E-state index contributed by atoms with van der Waals surface area (Å²) in [5.74, 6) is -2.77. The molecule has 0 unspecified atom stereocenters. The summed E-state index contributed by atoms with van der Waals surface area (Å²) in [7, 11) is 0. The summed E-state index contributed by atoms with van der Waals surface area (Å²) in [5.41, 5.74) is 0.805. The Kier molecular flexibility index (Phi) is 6.74. The predicted octanol–water partition coefficient (Wildman–Crippen LogP) is 4.32. The number of anilines is 1. The maximum absolute atomic E-state index is 13.6. The highest BCUT2D eigenvalue weighted by atomic mass is 32.2. The zero-order valence-corrected chi connectivity index (χ0v) is 15.4. The molecule has 0 aromatic heterocycles. The van der Waals surface area contributed by atoms with Crippen LogP contribution in [0.1, 0.15) is 19.4 Å². The third kappa shape index (κ3) is 5.56. The molecule has 2 rings (SSSR count). The van der Waals surface area contributed by atoms with E-state index < -0.39 is 34.9 Å². The summed E-state index contributed by atoms with van der Waals surface area (Å²) in [4.78, 5) is 25.1. The van der Waals surface area contributed by atoms with Gasteiger partial charge in [0.2, 0.25) is 0 Å². The smallest absolute Gasteiger partial charge is 0.319 e. The van der Waals surface area contributed by atoms with Crippen LogP contribution in [0.5, 0.6) is 0 Å². The van der Waals surface area contributed by atoms with Gasteiger partial charge in [-0.3, -0.25) is 9.59 Å². The predicted molar refractivity (Wildman–Crippen MR) is 97.0 cm³/mol. The number of rotatable bonds is 6. The molecule has 7 heteroatoms. The fraction of sp³-hybridized carbons (Fsp3) is 0.263. The van der Waals surface area contributed by atoms with Crippen molar-refractivity contribution < 1.29 is 23.1 Å². The van der Waals surface area contributed by atoms with Gasteiger partial charge in [0.15, 0.2) is 6.10 Å². The standard InChI is InChI=1S/C19H19F2NO3S/c1-11-4-7-15(8-5-11)26-13(3)19(24)25-12(2)18(23)22-17-10-14(20)6-9-16(17)21/h4-10,12-13H,1-3H3,(H,22,23)/t12-,13+/m0/s1. The summed E-state index contributed by atoms with van der Waals surface area (Å²) < 4.78 is 31.8. The highest BCUT2D eigenvalue weighted by molar-refractivity contribution is 8.00. The molecule has 0 aliphatic carbocycles. The second-order valence-electron chi connectivity index (χ2n) is 5.77. The summed E-state index contributed by atoms with van der Waals surface area (Å²) in [6, 6.07) is 10.4. The third-order valence-corrected chi connectivity index (χ3v) is 4.60. The van der Waals surface area contributed by atoms with E-state index in [9.17, 15) is 18.4 Å². The molecular weight excluding hydrogens is 360 g/mol. The molecule has 4 nitrogen and oxygen atoms in total. The van der Waals surface area contributed by atoms with Gasteiger partial charge in [0.25, 0.3) is 5.91 Å². The number of ether oxygens (including phenoxy) is 1. The van der Waals surface area contributed by atoms with E-state index >= 15 is 0 Å². The molecule has 2 aromatic carbocycles. The van der Waals surface area contributed by atoms with E-state index in [1.165, 1.54) is 18.7 Å². The second kappa shape index (κ2) is 8.80. The Balaban J connectivity index is 1.91. The fourth-order valence-corrected chi connectivity index (χ4v) is 2.87. The van der Waals surface area contributed by atoms with Crippen molar-refractivity contribution in [2.24, 2.45) is 0 Å². The zero-order chi connectivity index (χ0) is 19.3. The molecular formula is C19H19F2NO3S. The number of benzene rings is 2. The number of aryl methyl sites for hydroxylation is 1. The minimum atomic E-state index is -1.15. The van der Waals surface area contributed by atoms with Crippen LogP contribution in [-0.4, -0.2) is 23.2 Å². The Labute approximate surface area is 154 Å². The van der Waals surface area contributed by atoms with Crippen LogP contribution >= 0.6 is 11.8 Å². The highest BCUT2D eigenvalue weighted by Crippen LogP contribution is 2.24. The Morgan fingerprint density at radius 3 is 2.38 bits per heavy atom. The SMILES string of the molecule is Cc1ccc(S[C@H](C)C(=O)O[C@@H](C)C(=O)Nc2cc(F)ccc2F)cc1. The van der Waals surface area contributed by atoms with Crippen molar-refractivity contribution in [1.82, 2.24) is 0 Å². The van der Waals surface area contributed by atoms with Crippen molar-refractivity contribution in [2.75, 3.05) is 5.32 Å². The van der Waals surface area contributed by atoms with Gasteiger partial charge in [-0.25, -0.2) is 8.78 Å². The number of thioether (sulfide) groups is 1. The van der Waals surface area contributed by atoms with Crippen molar-refractivity contribution in [1.29, 1.82) is 0 Å². The average Bonchev–Trinajstić information content (AvgIpc) is 2.59. The van der Waals surface area contributed by atoms with E-state index in [1.54, 1.807) is 6.92 Å². The summed E-state index contributed by atoms with van der Waals surface area (Å²) in [6.45, 7) is 5.01. The molecule has 138 valence electrons. The lowest BCUT2D eigenvalue weighted by atomic mass is 10.2. The Bertz CT molecular complexity index is 796. The quantitative estimate of drug-likeness (QED) is 0.600. The van der Waals surface area contributed by atoms with Crippen molar-refractivity contribution in [3.05, 3.63) is 59.7 Å². The minimum absolute atomic E-state index is 0.306. The Morgan fingerprint density at radius 1 is 1.08 bits per heavy atom. The molecule has 1 amide bonds. The van der Waals surface area contributed by atoms with Crippen LogP contribution in [-0.2, 0) is 14.3 Å². The number of carbonyl (C=O) groups excluding carboxylic acids is 2. The van der Waals surface area contributed by atoms with Gasteiger partial charge in [-0.2, -0.15) is 0 Å². The van der Waals surface area contributed by atoms with Gasteiger partial charge in [0.1, 0.15) is 16.9 Å². The summed E-state index contributed by atoms with van der Waals surface area (Å²) in [5, 5.41) is 1.68. The molecule has 0 saturated carbocycles. The van der Waals surface area contributed by atoms with Crippen LogP contribution in [0.3, 0.4) is 0 Å². The molecule has 0 heterocycles. The van der Waals surface area contributed by atoms with E-state index in [2.05, 4.69) is 5.32 Å². The maximum Gasteiger partial charge on any atom is 0.319 e. The van der Waals surface area contributed by atoms with E-state index in [0.29, 0.717) is 0 Å². The van der Waals surface area contributed by atoms with Gasteiger partial charge in [0, 0.05) is 11.0 Å². The summed E-state index contributed by atoms with van der Waals surface area (Å²) in [6.07, 6.45) is -1.15. The Morgan fingerprint density at radius 2 is 1.73 bits per heavy atom. The number of amides is 1.